The van der Waals surface area contributed by atoms with Crippen LogP contribution in [0.5, 0.6) is 0 Å². The molecule has 5 heteroatoms. The van der Waals surface area contributed by atoms with Crippen molar-refractivity contribution in [3.63, 3.8) is 0 Å². The molecule has 1 unspecified atom stereocenters. The molecule has 0 saturated carbocycles. The quantitative estimate of drug-likeness (QED) is 0.635. The molecular weight excluding hydrogens is 236 g/mol. The number of nitrogens with one attached hydrogen (secondary N) is 1. The van der Waals surface area contributed by atoms with Crippen molar-refractivity contribution in [3.8, 4) is 0 Å². The third-order valence-corrected chi connectivity index (χ3v) is 3.28. The standard InChI is InChI=1S/C12H17ClN4/c1-10(9-13)3-2-5-14-12-11-4-6-16-17(11)8-7-15-12/h4,6-8,10H,2-3,5,9H2,1H3,(H,14,15). The maximum Gasteiger partial charge on any atom is 0.152 e. The first-order valence-electron chi connectivity index (χ1n) is 5.89. The Kier molecular flexibility index (Phi) is 4.20. The summed E-state index contributed by atoms with van der Waals surface area (Å²) >= 11 is 5.77. The smallest absolute Gasteiger partial charge is 0.152 e. The Labute approximate surface area is 106 Å². The van der Waals surface area contributed by atoms with Crippen LogP contribution in [-0.2, 0) is 0 Å². The molecule has 92 valence electrons. The highest BCUT2D eigenvalue weighted by molar-refractivity contribution is 6.18. The van der Waals surface area contributed by atoms with Gasteiger partial charge in [-0.25, -0.2) is 9.50 Å². The number of halogens is 1. The van der Waals surface area contributed by atoms with Crippen LogP contribution in [0.2, 0.25) is 0 Å². The molecule has 0 bridgehead atoms. The maximum atomic E-state index is 5.77. The van der Waals surface area contributed by atoms with Gasteiger partial charge in [-0.15, -0.1) is 11.6 Å². The lowest BCUT2D eigenvalue weighted by Crippen LogP contribution is -2.07. The molecule has 0 saturated heterocycles. The van der Waals surface area contributed by atoms with Gasteiger partial charge in [0.15, 0.2) is 5.82 Å². The SMILES string of the molecule is CC(CCl)CCCNc1nccn2nccc12. The summed E-state index contributed by atoms with van der Waals surface area (Å²) in [6.07, 6.45) is 7.61. The average Bonchev–Trinajstić information content (AvgIpc) is 2.83. The topological polar surface area (TPSA) is 42.2 Å². The fourth-order valence-electron chi connectivity index (χ4n) is 1.73. The Bertz CT molecular complexity index is 468. The molecule has 0 radical (unpaired) electrons. The Balaban J connectivity index is 1.88. The normalized spacial score (nSPS) is 12.8. The first-order chi connectivity index (χ1) is 8.31. The van der Waals surface area contributed by atoms with E-state index in [4.69, 9.17) is 11.6 Å². The summed E-state index contributed by atoms with van der Waals surface area (Å²) in [6.45, 7) is 3.09. The van der Waals surface area contributed by atoms with Crippen molar-refractivity contribution in [1.29, 1.82) is 0 Å². The van der Waals surface area contributed by atoms with Gasteiger partial charge in [0.1, 0.15) is 5.52 Å². The van der Waals surface area contributed by atoms with Crippen molar-refractivity contribution in [3.05, 3.63) is 24.7 Å². The number of hydrogen-bond donors (Lipinski definition) is 1. The summed E-state index contributed by atoms with van der Waals surface area (Å²) in [5.41, 5.74) is 1.01. The Morgan fingerprint density at radius 3 is 3.18 bits per heavy atom. The van der Waals surface area contributed by atoms with Gasteiger partial charge < -0.3 is 5.32 Å². The van der Waals surface area contributed by atoms with E-state index in [9.17, 15) is 0 Å². The largest absolute Gasteiger partial charge is 0.368 e. The van der Waals surface area contributed by atoms with Gasteiger partial charge in [-0.05, 0) is 24.8 Å². The number of fused-ring (bicyclic) bond motifs is 1. The van der Waals surface area contributed by atoms with E-state index in [2.05, 4.69) is 22.3 Å². The molecule has 2 heterocycles. The van der Waals surface area contributed by atoms with Gasteiger partial charge >= 0.3 is 0 Å². The molecule has 0 spiro atoms. The predicted molar refractivity (Wildman–Crippen MR) is 70.6 cm³/mol. The van der Waals surface area contributed by atoms with Crippen molar-refractivity contribution in [2.45, 2.75) is 19.8 Å². The van der Waals surface area contributed by atoms with Gasteiger partial charge in [-0.3, -0.25) is 0 Å². The molecule has 2 rings (SSSR count). The molecule has 4 nitrogen and oxygen atoms in total. The molecule has 0 aliphatic heterocycles. The summed E-state index contributed by atoms with van der Waals surface area (Å²) in [4.78, 5) is 4.32. The van der Waals surface area contributed by atoms with Gasteiger partial charge in [0, 0.05) is 24.8 Å². The van der Waals surface area contributed by atoms with Crippen LogP contribution < -0.4 is 5.32 Å². The van der Waals surface area contributed by atoms with Crippen LogP contribution in [0.3, 0.4) is 0 Å². The lowest BCUT2D eigenvalue weighted by molar-refractivity contribution is 0.572. The summed E-state index contributed by atoms with van der Waals surface area (Å²) in [5, 5.41) is 7.51. The molecule has 2 aromatic rings. The first kappa shape index (κ1) is 12.2. The molecule has 0 aliphatic carbocycles. The zero-order valence-electron chi connectivity index (χ0n) is 9.93. The number of alkyl halides is 1. The minimum atomic E-state index is 0.581. The fraction of sp³-hybridized carbons (Fsp3) is 0.500. The van der Waals surface area contributed by atoms with Gasteiger partial charge in [-0.1, -0.05) is 6.92 Å². The van der Waals surface area contributed by atoms with Crippen LogP contribution in [0.25, 0.3) is 5.52 Å². The van der Waals surface area contributed by atoms with Gasteiger partial charge in [-0.2, -0.15) is 5.10 Å². The lowest BCUT2D eigenvalue weighted by Gasteiger charge is -2.09. The molecular formula is C12H17ClN4. The number of aromatic nitrogens is 3. The minimum Gasteiger partial charge on any atom is -0.368 e. The second kappa shape index (κ2) is 5.87. The second-order valence-electron chi connectivity index (χ2n) is 4.27. The van der Waals surface area contributed by atoms with Gasteiger partial charge in [0.25, 0.3) is 0 Å². The molecule has 0 aliphatic rings. The summed E-state index contributed by atoms with van der Waals surface area (Å²) < 4.78 is 1.82. The van der Waals surface area contributed by atoms with Gasteiger partial charge in [0.2, 0.25) is 0 Å². The van der Waals surface area contributed by atoms with E-state index in [1.54, 1.807) is 12.4 Å². The summed E-state index contributed by atoms with van der Waals surface area (Å²) in [7, 11) is 0. The molecule has 2 aromatic heterocycles. The third kappa shape index (κ3) is 3.09. The van der Waals surface area contributed by atoms with E-state index < -0.39 is 0 Å². The number of nitrogens with zero attached hydrogens (tertiary/aromatic N) is 3. The Hall–Kier alpha value is -1.29. The van der Waals surface area contributed by atoms with Gasteiger partial charge in [0.05, 0.1) is 6.20 Å². The number of rotatable bonds is 6. The maximum absolute atomic E-state index is 5.77. The highest BCUT2D eigenvalue weighted by Gasteiger charge is 2.03. The molecule has 17 heavy (non-hydrogen) atoms. The zero-order valence-corrected chi connectivity index (χ0v) is 10.7. The summed E-state index contributed by atoms with van der Waals surface area (Å²) in [5.74, 6) is 2.21. The highest BCUT2D eigenvalue weighted by Crippen LogP contribution is 2.13. The molecule has 1 N–H and O–H groups in total. The van der Waals surface area contributed by atoms with Crippen LogP contribution in [0, 0.1) is 5.92 Å². The predicted octanol–water partition coefficient (Wildman–Crippen LogP) is 2.80. The van der Waals surface area contributed by atoms with Crippen molar-refractivity contribution < 1.29 is 0 Å². The molecule has 1 atom stereocenters. The van der Waals surface area contributed by atoms with Crippen LogP contribution in [-0.4, -0.2) is 27.0 Å². The molecule has 0 aromatic carbocycles. The van der Waals surface area contributed by atoms with E-state index in [-0.39, 0.29) is 0 Å². The zero-order chi connectivity index (χ0) is 12.1. The van der Waals surface area contributed by atoms with E-state index in [1.165, 1.54) is 0 Å². The molecule has 0 amide bonds. The van der Waals surface area contributed by atoms with E-state index in [0.29, 0.717) is 5.92 Å². The lowest BCUT2D eigenvalue weighted by atomic mass is 10.1. The number of hydrogen-bond acceptors (Lipinski definition) is 3. The van der Waals surface area contributed by atoms with Crippen LogP contribution >= 0.6 is 11.6 Å². The average molecular weight is 253 g/mol. The number of anilines is 1. The highest BCUT2D eigenvalue weighted by atomic mass is 35.5. The minimum absolute atomic E-state index is 0.581. The Morgan fingerprint density at radius 2 is 2.35 bits per heavy atom. The van der Waals surface area contributed by atoms with Crippen molar-refractivity contribution in [2.24, 2.45) is 5.92 Å². The van der Waals surface area contributed by atoms with Crippen LogP contribution in [0.15, 0.2) is 24.7 Å². The Morgan fingerprint density at radius 1 is 1.47 bits per heavy atom. The second-order valence-corrected chi connectivity index (χ2v) is 4.57. The van der Waals surface area contributed by atoms with Crippen LogP contribution in [0.1, 0.15) is 19.8 Å². The van der Waals surface area contributed by atoms with Crippen LogP contribution in [0.4, 0.5) is 5.82 Å². The van der Waals surface area contributed by atoms with E-state index >= 15 is 0 Å². The third-order valence-electron chi connectivity index (χ3n) is 2.75. The summed E-state index contributed by atoms with van der Waals surface area (Å²) in [6, 6.07) is 1.96. The van der Waals surface area contributed by atoms with Crippen molar-refractivity contribution in [1.82, 2.24) is 14.6 Å². The fourth-order valence-corrected chi connectivity index (χ4v) is 1.88. The molecule has 0 fully saturated rings. The van der Waals surface area contributed by atoms with E-state index in [0.717, 1.165) is 36.6 Å². The van der Waals surface area contributed by atoms with Crippen molar-refractivity contribution >= 4 is 22.9 Å². The van der Waals surface area contributed by atoms with Crippen molar-refractivity contribution in [2.75, 3.05) is 17.7 Å². The van der Waals surface area contributed by atoms with E-state index in [1.807, 2.05) is 16.8 Å². The first-order valence-corrected chi connectivity index (χ1v) is 6.43. The monoisotopic (exact) mass is 252 g/mol.